The normalized spacial score (nSPS) is 10.4. The summed E-state index contributed by atoms with van der Waals surface area (Å²) in [7, 11) is 0. The average Bonchev–Trinajstić information content (AvgIpc) is 2.29. The topological polar surface area (TPSA) is 21.3 Å². The zero-order valence-corrected chi connectivity index (χ0v) is 11.2. The van der Waals surface area contributed by atoms with Crippen molar-refractivity contribution >= 4 is 11.8 Å². The summed E-state index contributed by atoms with van der Waals surface area (Å²) >= 11 is 1.81. The van der Waals surface area contributed by atoms with Crippen molar-refractivity contribution in [2.24, 2.45) is 0 Å². The van der Waals surface area contributed by atoms with E-state index in [1.807, 2.05) is 11.8 Å². The van der Waals surface area contributed by atoms with Crippen molar-refractivity contribution in [3.05, 3.63) is 29.3 Å². The van der Waals surface area contributed by atoms with E-state index in [1.54, 1.807) is 0 Å². The molecule has 3 heteroatoms. The van der Waals surface area contributed by atoms with Crippen LogP contribution in [0.5, 0.6) is 5.75 Å². The van der Waals surface area contributed by atoms with Crippen molar-refractivity contribution in [1.82, 2.24) is 5.32 Å². The fourth-order valence-corrected chi connectivity index (χ4v) is 1.80. The first kappa shape index (κ1) is 13.4. The van der Waals surface area contributed by atoms with Crippen LogP contribution in [0.2, 0.25) is 0 Å². The number of ether oxygens (including phenoxy) is 1. The van der Waals surface area contributed by atoms with E-state index in [0.717, 1.165) is 31.2 Å². The van der Waals surface area contributed by atoms with E-state index >= 15 is 0 Å². The maximum atomic E-state index is 5.84. The molecule has 90 valence electrons. The second-order valence-electron chi connectivity index (χ2n) is 3.68. The first-order valence-corrected chi connectivity index (χ1v) is 7.10. The number of benzene rings is 1. The second-order valence-corrected chi connectivity index (χ2v) is 4.67. The van der Waals surface area contributed by atoms with E-state index in [-0.39, 0.29) is 0 Å². The fraction of sp³-hybridized carbons (Fsp3) is 0.538. The zero-order valence-electron chi connectivity index (χ0n) is 10.4. The minimum Gasteiger partial charge on any atom is -0.492 e. The molecule has 0 aromatic heterocycles. The van der Waals surface area contributed by atoms with Crippen LogP contribution in [0.3, 0.4) is 0 Å². The summed E-state index contributed by atoms with van der Waals surface area (Å²) in [5.41, 5.74) is 2.47. The zero-order chi connectivity index (χ0) is 11.8. The highest BCUT2D eigenvalue weighted by atomic mass is 32.2. The molecule has 1 rings (SSSR count). The quantitative estimate of drug-likeness (QED) is 0.739. The minimum atomic E-state index is 0.783. The molecule has 0 saturated heterocycles. The molecular weight excluding hydrogens is 218 g/mol. The molecule has 2 nitrogen and oxygen atoms in total. The van der Waals surface area contributed by atoms with Gasteiger partial charge in [0.05, 0.1) is 6.61 Å². The molecule has 1 aromatic rings. The third kappa shape index (κ3) is 4.06. The van der Waals surface area contributed by atoms with Gasteiger partial charge in [0.1, 0.15) is 5.75 Å². The Balaban J connectivity index is 2.69. The molecule has 1 aromatic carbocycles. The third-order valence-electron chi connectivity index (χ3n) is 2.39. The Hall–Kier alpha value is -0.670. The van der Waals surface area contributed by atoms with Gasteiger partial charge in [-0.05, 0) is 25.3 Å². The minimum absolute atomic E-state index is 0.783. The molecule has 0 heterocycles. The van der Waals surface area contributed by atoms with Gasteiger partial charge in [0, 0.05) is 17.9 Å². The van der Waals surface area contributed by atoms with Crippen molar-refractivity contribution in [1.29, 1.82) is 0 Å². The lowest BCUT2D eigenvalue weighted by atomic mass is 10.1. The smallest absolute Gasteiger partial charge is 0.126 e. The maximum absolute atomic E-state index is 5.84. The number of hydrogen-bond donors (Lipinski definition) is 1. The summed E-state index contributed by atoms with van der Waals surface area (Å²) in [5.74, 6) is 2.09. The van der Waals surface area contributed by atoms with E-state index in [2.05, 4.69) is 43.6 Å². The number of thioether (sulfide) groups is 1. The van der Waals surface area contributed by atoms with Gasteiger partial charge in [-0.2, -0.15) is 11.8 Å². The monoisotopic (exact) mass is 239 g/mol. The Bertz CT molecular complexity index is 315. The van der Waals surface area contributed by atoms with E-state index in [0.29, 0.717) is 0 Å². The molecule has 0 aliphatic rings. The average molecular weight is 239 g/mol. The number of nitrogens with one attached hydrogen (secondary N) is 1. The number of aryl methyl sites for hydroxylation is 1. The number of rotatable bonds is 7. The molecule has 0 saturated carbocycles. The summed E-state index contributed by atoms with van der Waals surface area (Å²) in [6.45, 7) is 6.87. The summed E-state index contributed by atoms with van der Waals surface area (Å²) in [6.07, 6.45) is 2.10. The van der Waals surface area contributed by atoms with Gasteiger partial charge in [0.15, 0.2) is 0 Å². The summed E-state index contributed by atoms with van der Waals surface area (Å²) < 4.78 is 5.84. The van der Waals surface area contributed by atoms with Crippen molar-refractivity contribution in [3.63, 3.8) is 0 Å². The molecule has 0 fully saturated rings. The van der Waals surface area contributed by atoms with E-state index in [4.69, 9.17) is 4.74 Å². The van der Waals surface area contributed by atoms with Crippen LogP contribution in [-0.4, -0.2) is 25.2 Å². The predicted octanol–water partition coefficient (Wildman–Crippen LogP) is 2.85. The predicted molar refractivity (Wildman–Crippen MR) is 72.4 cm³/mol. The van der Waals surface area contributed by atoms with Crippen molar-refractivity contribution in [2.45, 2.75) is 20.4 Å². The molecule has 0 atom stereocenters. The first-order valence-electron chi connectivity index (χ1n) is 5.70. The fourth-order valence-electron chi connectivity index (χ4n) is 1.55. The Morgan fingerprint density at radius 1 is 1.38 bits per heavy atom. The molecule has 0 radical (unpaired) electrons. The highest BCUT2D eigenvalue weighted by Gasteiger charge is 2.05. The molecule has 0 unspecified atom stereocenters. The Morgan fingerprint density at radius 2 is 2.19 bits per heavy atom. The van der Waals surface area contributed by atoms with Crippen LogP contribution in [-0.2, 0) is 6.54 Å². The Labute approximate surface area is 103 Å². The van der Waals surface area contributed by atoms with Crippen molar-refractivity contribution in [2.75, 3.05) is 25.2 Å². The molecule has 0 aliphatic carbocycles. The van der Waals surface area contributed by atoms with Gasteiger partial charge in [0.25, 0.3) is 0 Å². The first-order chi connectivity index (χ1) is 7.79. The molecular formula is C13H21NOS. The van der Waals surface area contributed by atoms with Crippen LogP contribution >= 0.6 is 11.8 Å². The van der Waals surface area contributed by atoms with Gasteiger partial charge in [-0.25, -0.2) is 0 Å². The lowest BCUT2D eigenvalue weighted by Gasteiger charge is -2.14. The van der Waals surface area contributed by atoms with Crippen LogP contribution in [0.4, 0.5) is 0 Å². The van der Waals surface area contributed by atoms with E-state index < -0.39 is 0 Å². The van der Waals surface area contributed by atoms with Crippen molar-refractivity contribution < 1.29 is 4.74 Å². The van der Waals surface area contributed by atoms with Gasteiger partial charge in [0.2, 0.25) is 0 Å². The SMILES string of the molecule is CCNCc1cccc(C)c1OCCSC. The van der Waals surface area contributed by atoms with Crippen molar-refractivity contribution in [3.8, 4) is 5.75 Å². The largest absolute Gasteiger partial charge is 0.492 e. The molecule has 0 amide bonds. The molecule has 0 spiro atoms. The number of hydrogen-bond acceptors (Lipinski definition) is 3. The number of para-hydroxylation sites is 1. The van der Waals surface area contributed by atoms with Gasteiger partial charge in [-0.3, -0.25) is 0 Å². The molecule has 0 aliphatic heterocycles. The molecule has 0 bridgehead atoms. The molecule has 16 heavy (non-hydrogen) atoms. The molecule has 1 N–H and O–H groups in total. The lowest BCUT2D eigenvalue weighted by Crippen LogP contribution is -2.13. The van der Waals surface area contributed by atoms with Crippen LogP contribution in [0.25, 0.3) is 0 Å². The van der Waals surface area contributed by atoms with Gasteiger partial charge >= 0.3 is 0 Å². The third-order valence-corrected chi connectivity index (χ3v) is 2.97. The maximum Gasteiger partial charge on any atom is 0.126 e. The van der Waals surface area contributed by atoms with Gasteiger partial charge < -0.3 is 10.1 Å². The summed E-state index contributed by atoms with van der Waals surface area (Å²) in [6, 6.07) is 6.32. The van der Waals surface area contributed by atoms with E-state index in [9.17, 15) is 0 Å². The standard InChI is InChI=1S/C13H21NOS/c1-4-14-10-12-7-5-6-11(2)13(12)15-8-9-16-3/h5-7,14H,4,8-10H2,1-3H3. The van der Waals surface area contributed by atoms with Gasteiger partial charge in [-0.15, -0.1) is 0 Å². The van der Waals surface area contributed by atoms with Crippen LogP contribution < -0.4 is 10.1 Å². The second kappa shape index (κ2) is 7.58. The Morgan fingerprint density at radius 3 is 2.88 bits per heavy atom. The highest BCUT2D eigenvalue weighted by Crippen LogP contribution is 2.23. The van der Waals surface area contributed by atoms with E-state index in [1.165, 1.54) is 11.1 Å². The van der Waals surface area contributed by atoms with Crippen LogP contribution in [0.15, 0.2) is 18.2 Å². The summed E-state index contributed by atoms with van der Waals surface area (Å²) in [5, 5.41) is 3.34. The highest BCUT2D eigenvalue weighted by molar-refractivity contribution is 7.98. The van der Waals surface area contributed by atoms with Crippen LogP contribution in [0, 0.1) is 6.92 Å². The lowest BCUT2D eigenvalue weighted by molar-refractivity contribution is 0.337. The summed E-state index contributed by atoms with van der Waals surface area (Å²) in [4.78, 5) is 0. The van der Waals surface area contributed by atoms with Crippen LogP contribution in [0.1, 0.15) is 18.1 Å². The Kier molecular flexibility index (Phi) is 6.34. The van der Waals surface area contributed by atoms with Gasteiger partial charge in [-0.1, -0.05) is 25.1 Å².